The van der Waals surface area contributed by atoms with Crippen molar-refractivity contribution < 1.29 is 41.1 Å². The molecule has 37 heavy (non-hydrogen) atoms. The van der Waals surface area contributed by atoms with Gasteiger partial charge in [0.1, 0.15) is 23.0 Å². The molecule has 0 spiro atoms. The molecular weight excluding hydrogens is 528 g/mol. The lowest BCUT2D eigenvalue weighted by atomic mass is 10.2. The van der Waals surface area contributed by atoms with Crippen LogP contribution in [0.5, 0.6) is 11.5 Å². The van der Waals surface area contributed by atoms with Gasteiger partial charge in [0.15, 0.2) is 0 Å². The average Bonchev–Trinajstić information content (AvgIpc) is 3.27. The van der Waals surface area contributed by atoms with Gasteiger partial charge < -0.3 is 25.3 Å². The fraction of sp³-hybridized carbons (Fsp3) is 0.182. The number of hydrogen-bond acceptors (Lipinski definition) is 9. The lowest BCUT2D eigenvalue weighted by Crippen LogP contribution is -2.39. The van der Waals surface area contributed by atoms with Crippen molar-refractivity contribution in [2.75, 3.05) is 0 Å². The Bertz CT molecular complexity index is 1430. The van der Waals surface area contributed by atoms with Crippen molar-refractivity contribution in [3.63, 3.8) is 0 Å². The van der Waals surface area contributed by atoms with E-state index in [-0.39, 0.29) is 45.9 Å². The van der Waals surface area contributed by atoms with Crippen LogP contribution in [0.15, 0.2) is 62.7 Å². The van der Waals surface area contributed by atoms with E-state index in [1.807, 2.05) is 9.44 Å². The van der Waals surface area contributed by atoms with Crippen molar-refractivity contribution >= 4 is 32.1 Å². The molecular formula is C22H24N4O9S2. The molecule has 4 amide bonds. The molecule has 3 rings (SSSR count). The summed E-state index contributed by atoms with van der Waals surface area (Å²) in [5.74, 6) is -0.102. The van der Waals surface area contributed by atoms with E-state index in [2.05, 4.69) is 10.6 Å². The summed E-state index contributed by atoms with van der Waals surface area (Å²) >= 11 is 0. The Balaban J connectivity index is 1.51. The molecule has 0 aliphatic heterocycles. The summed E-state index contributed by atoms with van der Waals surface area (Å²) in [4.78, 5) is 23.6. The molecule has 6 N–H and O–H groups in total. The topological polar surface area (TPSA) is 204 Å². The van der Waals surface area contributed by atoms with E-state index in [1.165, 1.54) is 50.2 Å². The molecule has 0 aliphatic rings. The second-order valence-corrected chi connectivity index (χ2v) is 11.1. The summed E-state index contributed by atoms with van der Waals surface area (Å²) in [6.07, 6.45) is 0. The molecule has 1 aromatic heterocycles. The van der Waals surface area contributed by atoms with E-state index < -0.39 is 32.1 Å². The number of amides is 4. The Kier molecular flexibility index (Phi) is 7.98. The van der Waals surface area contributed by atoms with Crippen LogP contribution in [0, 0.1) is 13.8 Å². The molecule has 1 heterocycles. The van der Waals surface area contributed by atoms with Gasteiger partial charge in [-0.15, -0.1) is 0 Å². The first kappa shape index (κ1) is 27.3. The van der Waals surface area contributed by atoms with Crippen LogP contribution in [-0.2, 0) is 33.1 Å². The van der Waals surface area contributed by atoms with Crippen molar-refractivity contribution in [3.8, 4) is 11.5 Å². The summed E-state index contributed by atoms with van der Waals surface area (Å²) in [6, 6.07) is 8.31. The van der Waals surface area contributed by atoms with Gasteiger partial charge in [0.2, 0.25) is 0 Å². The summed E-state index contributed by atoms with van der Waals surface area (Å²) < 4.78 is 58.7. The van der Waals surface area contributed by atoms with E-state index in [1.54, 1.807) is 0 Å². The van der Waals surface area contributed by atoms with E-state index in [0.29, 0.717) is 11.1 Å². The molecule has 0 unspecified atom stereocenters. The summed E-state index contributed by atoms with van der Waals surface area (Å²) in [5.41, 5.74) is 0.658. The number of aryl methyl sites for hydroxylation is 2. The van der Waals surface area contributed by atoms with Crippen LogP contribution in [0.1, 0.15) is 22.6 Å². The van der Waals surface area contributed by atoms with Gasteiger partial charge in [0.05, 0.1) is 22.9 Å². The van der Waals surface area contributed by atoms with Crippen molar-refractivity contribution in [3.05, 3.63) is 71.2 Å². The number of aromatic hydroxyl groups is 2. The molecule has 198 valence electrons. The quantitative estimate of drug-likeness (QED) is 0.240. The highest BCUT2D eigenvalue weighted by molar-refractivity contribution is 7.90. The highest BCUT2D eigenvalue weighted by Crippen LogP contribution is 2.21. The Morgan fingerprint density at radius 2 is 1.08 bits per heavy atom. The fourth-order valence-electron chi connectivity index (χ4n) is 3.13. The van der Waals surface area contributed by atoms with Gasteiger partial charge in [-0.05, 0) is 49.2 Å². The molecule has 3 aromatic rings. The summed E-state index contributed by atoms with van der Waals surface area (Å²) in [7, 11) is -8.48. The molecule has 0 atom stereocenters. The molecule has 0 fully saturated rings. The molecule has 0 aliphatic carbocycles. The number of furan rings is 1. The van der Waals surface area contributed by atoms with Gasteiger partial charge in [-0.3, -0.25) is 0 Å². The van der Waals surface area contributed by atoms with Gasteiger partial charge >= 0.3 is 12.1 Å². The SMILES string of the molecule is Cc1ccc(O)cc1S(=O)(=O)NC(=O)NCc1ccc(CNC(=O)NS(=O)(=O)c2cc(O)ccc2C)o1. The van der Waals surface area contributed by atoms with E-state index >= 15 is 0 Å². The van der Waals surface area contributed by atoms with Crippen molar-refractivity contribution in [2.24, 2.45) is 0 Å². The maximum absolute atomic E-state index is 12.4. The third-order valence-corrected chi connectivity index (χ3v) is 7.89. The van der Waals surface area contributed by atoms with Gasteiger partial charge in [-0.25, -0.2) is 35.9 Å². The minimum atomic E-state index is -4.24. The normalized spacial score (nSPS) is 11.5. The Hall–Kier alpha value is -4.24. The molecule has 0 bridgehead atoms. The van der Waals surface area contributed by atoms with Gasteiger partial charge in [0, 0.05) is 12.1 Å². The zero-order valence-corrected chi connectivity index (χ0v) is 21.2. The standard InChI is InChI=1S/C22H24N4O9S2/c1-13-3-5-15(27)9-19(13)36(31,32)25-21(29)23-11-17-7-8-18(35-17)12-24-22(30)26-37(33,34)20-10-16(28)6-4-14(20)2/h3-10,27-28H,11-12H2,1-2H3,(H2,23,25,29)(H2,24,26,30). The number of carbonyl (C=O) groups is 2. The monoisotopic (exact) mass is 552 g/mol. The zero-order chi connectivity index (χ0) is 27.4. The minimum absolute atomic E-state index is 0.197. The van der Waals surface area contributed by atoms with Gasteiger partial charge in [-0.1, -0.05) is 12.1 Å². The highest BCUT2D eigenvalue weighted by Gasteiger charge is 2.22. The predicted molar refractivity (Wildman–Crippen MR) is 130 cm³/mol. The first-order valence-corrected chi connectivity index (χ1v) is 13.5. The predicted octanol–water partition coefficient (Wildman–Crippen LogP) is 1.68. The largest absolute Gasteiger partial charge is 0.508 e. The molecule has 0 saturated carbocycles. The zero-order valence-electron chi connectivity index (χ0n) is 19.6. The summed E-state index contributed by atoms with van der Waals surface area (Å²) in [6.45, 7) is 2.62. The highest BCUT2D eigenvalue weighted by atomic mass is 32.2. The number of phenolic OH excluding ortho intramolecular Hbond substituents is 2. The van der Waals surface area contributed by atoms with Crippen molar-refractivity contribution in [2.45, 2.75) is 36.7 Å². The molecule has 0 radical (unpaired) electrons. The van der Waals surface area contributed by atoms with Crippen LogP contribution in [0.25, 0.3) is 0 Å². The molecule has 2 aromatic carbocycles. The van der Waals surface area contributed by atoms with Crippen LogP contribution in [0.4, 0.5) is 9.59 Å². The van der Waals surface area contributed by atoms with Crippen LogP contribution < -0.4 is 20.1 Å². The number of urea groups is 2. The number of phenols is 2. The lowest BCUT2D eigenvalue weighted by molar-refractivity contribution is 0.244. The van der Waals surface area contributed by atoms with Crippen molar-refractivity contribution in [1.29, 1.82) is 0 Å². The van der Waals surface area contributed by atoms with E-state index in [4.69, 9.17) is 4.42 Å². The number of hydrogen-bond donors (Lipinski definition) is 6. The van der Waals surface area contributed by atoms with Crippen LogP contribution in [0.3, 0.4) is 0 Å². The Labute approximate surface area is 212 Å². The second kappa shape index (κ2) is 10.8. The number of nitrogens with one attached hydrogen (secondary N) is 4. The average molecular weight is 553 g/mol. The van der Waals surface area contributed by atoms with Crippen LogP contribution in [-0.4, -0.2) is 39.1 Å². The fourth-order valence-corrected chi connectivity index (χ4v) is 5.52. The third kappa shape index (κ3) is 7.14. The maximum Gasteiger partial charge on any atom is 0.329 e. The first-order chi connectivity index (χ1) is 17.3. The Morgan fingerprint density at radius 1 is 0.703 bits per heavy atom. The minimum Gasteiger partial charge on any atom is -0.508 e. The number of sulfonamides is 2. The lowest BCUT2D eigenvalue weighted by Gasteiger charge is -2.10. The first-order valence-electron chi connectivity index (χ1n) is 10.5. The number of carbonyl (C=O) groups excluding carboxylic acids is 2. The van der Waals surface area contributed by atoms with Crippen molar-refractivity contribution in [1.82, 2.24) is 20.1 Å². The number of benzene rings is 2. The van der Waals surface area contributed by atoms with E-state index in [0.717, 1.165) is 12.1 Å². The summed E-state index contributed by atoms with van der Waals surface area (Å²) in [5, 5.41) is 23.7. The van der Waals surface area contributed by atoms with Crippen LogP contribution >= 0.6 is 0 Å². The number of rotatable bonds is 8. The molecule has 0 saturated heterocycles. The molecule has 13 nitrogen and oxygen atoms in total. The van der Waals surface area contributed by atoms with E-state index in [9.17, 15) is 36.6 Å². The van der Waals surface area contributed by atoms with Gasteiger partial charge in [0.25, 0.3) is 20.0 Å². The maximum atomic E-state index is 12.4. The third-order valence-electron chi connectivity index (χ3n) is 4.94. The molecule has 15 heteroatoms. The van der Waals surface area contributed by atoms with Crippen LogP contribution in [0.2, 0.25) is 0 Å². The Morgan fingerprint density at radius 3 is 1.46 bits per heavy atom. The van der Waals surface area contributed by atoms with Gasteiger partial charge in [-0.2, -0.15) is 0 Å². The smallest absolute Gasteiger partial charge is 0.329 e. The second-order valence-electron chi connectivity index (χ2n) is 7.84.